The number of hydrogen-bond donors (Lipinski definition) is 0. The fourth-order valence-electron chi connectivity index (χ4n) is 2.79. The molecule has 0 bridgehead atoms. The van der Waals surface area contributed by atoms with Crippen LogP contribution in [0.25, 0.3) is 0 Å². The molecule has 26 heavy (non-hydrogen) atoms. The third kappa shape index (κ3) is 3.08. The number of rotatable bonds is 4. The Hall–Kier alpha value is -2.39. The van der Waals surface area contributed by atoms with Crippen LogP contribution in [0, 0.1) is 6.92 Å². The van der Waals surface area contributed by atoms with Crippen molar-refractivity contribution in [3.63, 3.8) is 0 Å². The topological polar surface area (TPSA) is 91.8 Å². The normalized spacial score (nSPS) is 16.7. The molecule has 0 unspecified atom stereocenters. The first kappa shape index (κ1) is 18.4. The van der Waals surface area contributed by atoms with Crippen molar-refractivity contribution in [2.75, 3.05) is 21.4 Å². The van der Waals surface area contributed by atoms with Crippen molar-refractivity contribution in [3.05, 3.63) is 54.1 Å². The van der Waals surface area contributed by atoms with Gasteiger partial charge < -0.3 is 0 Å². The number of carbonyl (C=O) groups excluding carboxylic acids is 1. The predicted molar refractivity (Wildman–Crippen MR) is 99.1 cm³/mol. The smallest absolute Gasteiger partial charge is 0.264 e. The van der Waals surface area contributed by atoms with Gasteiger partial charge in [-0.25, -0.2) is 21.1 Å². The van der Waals surface area contributed by atoms with Crippen molar-refractivity contribution in [1.29, 1.82) is 0 Å². The lowest BCUT2D eigenvalue weighted by Crippen LogP contribution is -2.30. The standard InChI is InChI=1S/C17H18N2O5S2/c1-13-8-9-15(19-17(20)10-11-25(19,21)22)12-16(13)26(23,24)18(2)14-6-4-3-5-7-14/h3-9,12H,10-11H2,1-2H3. The number of benzene rings is 2. The van der Waals surface area contributed by atoms with Crippen LogP contribution in [0.4, 0.5) is 11.4 Å². The number of sulfonamides is 2. The second-order valence-electron chi connectivity index (χ2n) is 5.98. The fourth-order valence-corrected chi connectivity index (χ4v) is 5.68. The van der Waals surface area contributed by atoms with E-state index in [1.165, 1.54) is 25.2 Å². The lowest BCUT2D eigenvalue weighted by molar-refractivity contribution is -0.116. The third-order valence-electron chi connectivity index (χ3n) is 4.24. The summed E-state index contributed by atoms with van der Waals surface area (Å²) in [5.74, 6) is -0.834. The van der Waals surface area contributed by atoms with Crippen LogP contribution < -0.4 is 8.61 Å². The van der Waals surface area contributed by atoms with E-state index in [-0.39, 0.29) is 22.8 Å². The minimum atomic E-state index is -3.93. The predicted octanol–water partition coefficient (Wildman–Crippen LogP) is 1.89. The summed E-state index contributed by atoms with van der Waals surface area (Å²) >= 11 is 0. The number of para-hydroxylation sites is 1. The molecule has 1 fully saturated rings. The van der Waals surface area contributed by atoms with E-state index in [9.17, 15) is 21.6 Å². The first-order valence-electron chi connectivity index (χ1n) is 7.85. The Morgan fingerprint density at radius 1 is 1.08 bits per heavy atom. The van der Waals surface area contributed by atoms with Gasteiger partial charge in [0.05, 0.1) is 22.0 Å². The Bertz CT molecular complexity index is 1060. The quantitative estimate of drug-likeness (QED) is 0.790. The maximum absolute atomic E-state index is 13.0. The average molecular weight is 394 g/mol. The summed E-state index contributed by atoms with van der Waals surface area (Å²) in [6, 6.07) is 12.7. The number of nitrogens with zero attached hydrogens (tertiary/aromatic N) is 2. The number of amides is 1. The molecule has 138 valence electrons. The Morgan fingerprint density at radius 3 is 2.31 bits per heavy atom. The van der Waals surface area contributed by atoms with Crippen molar-refractivity contribution >= 4 is 37.3 Å². The first-order chi connectivity index (χ1) is 12.1. The molecule has 1 aliphatic rings. The van der Waals surface area contributed by atoms with Crippen molar-refractivity contribution in [1.82, 2.24) is 0 Å². The van der Waals surface area contributed by atoms with E-state index >= 15 is 0 Å². The van der Waals surface area contributed by atoms with E-state index in [0.717, 1.165) is 4.31 Å². The van der Waals surface area contributed by atoms with E-state index in [4.69, 9.17) is 0 Å². The van der Waals surface area contributed by atoms with Gasteiger partial charge in [0.25, 0.3) is 10.0 Å². The van der Waals surface area contributed by atoms with Gasteiger partial charge in [-0.1, -0.05) is 24.3 Å². The van der Waals surface area contributed by atoms with Crippen molar-refractivity contribution in [3.8, 4) is 0 Å². The van der Waals surface area contributed by atoms with Crippen LogP contribution in [0.1, 0.15) is 12.0 Å². The molecule has 0 saturated carbocycles. The van der Waals surface area contributed by atoms with Gasteiger partial charge in [-0.2, -0.15) is 0 Å². The van der Waals surface area contributed by atoms with Crippen LogP contribution >= 0.6 is 0 Å². The molecule has 0 radical (unpaired) electrons. The van der Waals surface area contributed by atoms with Crippen LogP contribution in [0.3, 0.4) is 0 Å². The van der Waals surface area contributed by atoms with E-state index in [1.807, 2.05) is 0 Å². The van der Waals surface area contributed by atoms with Gasteiger partial charge in [0.15, 0.2) is 0 Å². The molecule has 9 heteroatoms. The minimum Gasteiger partial charge on any atom is -0.273 e. The van der Waals surface area contributed by atoms with Gasteiger partial charge in [-0.3, -0.25) is 9.10 Å². The van der Waals surface area contributed by atoms with Crippen LogP contribution in [0.5, 0.6) is 0 Å². The zero-order valence-corrected chi connectivity index (χ0v) is 15.9. The summed E-state index contributed by atoms with van der Waals surface area (Å²) in [6.45, 7) is 1.62. The zero-order chi connectivity index (χ0) is 19.1. The van der Waals surface area contributed by atoms with Gasteiger partial charge in [0.2, 0.25) is 15.9 Å². The maximum atomic E-state index is 13.0. The van der Waals surface area contributed by atoms with Crippen LogP contribution in [0.2, 0.25) is 0 Å². The highest BCUT2D eigenvalue weighted by molar-refractivity contribution is 7.94. The molecule has 1 amide bonds. The molecule has 0 aromatic heterocycles. The lowest BCUT2D eigenvalue weighted by Gasteiger charge is -2.22. The van der Waals surface area contributed by atoms with Gasteiger partial charge in [-0.05, 0) is 36.8 Å². The summed E-state index contributed by atoms with van der Waals surface area (Å²) in [7, 11) is -6.27. The molecule has 0 N–H and O–H groups in total. The minimum absolute atomic E-state index is 0.0399. The Balaban J connectivity index is 2.10. The summed E-state index contributed by atoms with van der Waals surface area (Å²) in [4.78, 5) is 11.9. The number of anilines is 2. The van der Waals surface area contributed by atoms with Crippen molar-refractivity contribution < 1.29 is 21.6 Å². The molecule has 3 rings (SSSR count). The van der Waals surface area contributed by atoms with Gasteiger partial charge in [-0.15, -0.1) is 0 Å². The number of carbonyl (C=O) groups is 1. The molecular formula is C17H18N2O5S2. The molecule has 2 aromatic rings. The first-order valence-corrected chi connectivity index (χ1v) is 10.9. The average Bonchev–Trinajstić information content (AvgIpc) is 2.88. The Labute approximate surface area is 153 Å². The number of aryl methyl sites for hydroxylation is 1. The van der Waals surface area contributed by atoms with Crippen molar-refractivity contribution in [2.45, 2.75) is 18.2 Å². The lowest BCUT2D eigenvalue weighted by atomic mass is 10.2. The van der Waals surface area contributed by atoms with Crippen LogP contribution in [0.15, 0.2) is 53.4 Å². The molecule has 7 nitrogen and oxygen atoms in total. The molecule has 0 aliphatic carbocycles. The SMILES string of the molecule is Cc1ccc(N2C(=O)CCS2(=O)=O)cc1S(=O)(=O)N(C)c1ccccc1. The summed E-state index contributed by atoms with van der Waals surface area (Å²) in [5.41, 5.74) is 0.973. The number of hydrogen-bond acceptors (Lipinski definition) is 5. The summed E-state index contributed by atoms with van der Waals surface area (Å²) < 4.78 is 52.1. The highest BCUT2D eigenvalue weighted by Crippen LogP contribution is 2.31. The monoisotopic (exact) mass is 394 g/mol. The third-order valence-corrected chi connectivity index (χ3v) is 7.86. The molecule has 1 aliphatic heterocycles. The van der Waals surface area contributed by atoms with E-state index in [0.29, 0.717) is 15.6 Å². The van der Waals surface area contributed by atoms with E-state index in [1.54, 1.807) is 37.3 Å². The molecule has 2 aromatic carbocycles. The highest BCUT2D eigenvalue weighted by Gasteiger charge is 2.37. The Morgan fingerprint density at radius 2 is 1.73 bits per heavy atom. The maximum Gasteiger partial charge on any atom is 0.264 e. The Kier molecular flexibility index (Phi) is 4.53. The highest BCUT2D eigenvalue weighted by atomic mass is 32.2. The molecular weight excluding hydrogens is 376 g/mol. The van der Waals surface area contributed by atoms with E-state index in [2.05, 4.69) is 0 Å². The molecule has 1 saturated heterocycles. The van der Waals surface area contributed by atoms with Gasteiger partial charge in [0.1, 0.15) is 0 Å². The van der Waals surface area contributed by atoms with Crippen LogP contribution in [-0.4, -0.2) is 35.5 Å². The zero-order valence-electron chi connectivity index (χ0n) is 14.3. The van der Waals surface area contributed by atoms with Gasteiger partial charge in [0, 0.05) is 13.5 Å². The summed E-state index contributed by atoms with van der Waals surface area (Å²) in [6.07, 6.45) is -0.109. The fraction of sp³-hybridized carbons (Fsp3) is 0.235. The summed E-state index contributed by atoms with van der Waals surface area (Å²) in [5, 5.41) is 0. The molecule has 1 heterocycles. The second kappa shape index (κ2) is 6.40. The molecule has 0 spiro atoms. The largest absolute Gasteiger partial charge is 0.273 e. The van der Waals surface area contributed by atoms with Crippen LogP contribution in [-0.2, 0) is 24.8 Å². The van der Waals surface area contributed by atoms with E-state index < -0.39 is 26.0 Å². The second-order valence-corrected chi connectivity index (χ2v) is 9.86. The van der Waals surface area contributed by atoms with Gasteiger partial charge >= 0.3 is 0 Å². The van der Waals surface area contributed by atoms with Crippen molar-refractivity contribution in [2.24, 2.45) is 0 Å². The molecule has 0 atom stereocenters.